The summed E-state index contributed by atoms with van der Waals surface area (Å²) in [7, 11) is 0. The van der Waals surface area contributed by atoms with Crippen molar-refractivity contribution in [1.82, 2.24) is 15.2 Å². The molecule has 5 rings (SSSR count). The van der Waals surface area contributed by atoms with Gasteiger partial charge in [0.2, 0.25) is 0 Å². The third kappa shape index (κ3) is 2.32. The first-order valence-electron chi connectivity index (χ1n) is 8.23. The quantitative estimate of drug-likeness (QED) is 0.803. The molecule has 1 N–H and O–H groups in total. The van der Waals surface area contributed by atoms with Crippen LogP contribution in [0.15, 0.2) is 36.5 Å². The second kappa shape index (κ2) is 4.98. The van der Waals surface area contributed by atoms with Crippen molar-refractivity contribution in [2.45, 2.75) is 25.4 Å². The van der Waals surface area contributed by atoms with Crippen LogP contribution in [0.5, 0.6) is 5.75 Å². The van der Waals surface area contributed by atoms with Crippen LogP contribution < -0.4 is 9.64 Å². The van der Waals surface area contributed by atoms with E-state index in [9.17, 15) is 0 Å². The summed E-state index contributed by atoms with van der Waals surface area (Å²) < 4.78 is 5.92. The van der Waals surface area contributed by atoms with Gasteiger partial charge in [-0.2, -0.15) is 5.10 Å². The zero-order valence-corrected chi connectivity index (χ0v) is 12.8. The van der Waals surface area contributed by atoms with Crippen molar-refractivity contribution in [2.75, 3.05) is 18.0 Å². The first kappa shape index (κ1) is 12.9. The molecular formula is C18H18N4O. The monoisotopic (exact) mass is 306 g/mol. The average molecular weight is 306 g/mol. The number of benzene rings is 1. The van der Waals surface area contributed by atoms with Crippen LogP contribution in [0.4, 0.5) is 5.82 Å². The Hall–Kier alpha value is -2.56. The predicted octanol–water partition coefficient (Wildman–Crippen LogP) is 3.38. The van der Waals surface area contributed by atoms with Gasteiger partial charge in [0.25, 0.3) is 0 Å². The third-order valence-corrected chi connectivity index (χ3v) is 4.56. The van der Waals surface area contributed by atoms with Gasteiger partial charge in [0.05, 0.1) is 11.6 Å². The molecule has 116 valence electrons. The van der Waals surface area contributed by atoms with Gasteiger partial charge in [-0.1, -0.05) is 0 Å². The van der Waals surface area contributed by atoms with Crippen molar-refractivity contribution in [3.05, 3.63) is 36.5 Å². The van der Waals surface area contributed by atoms with E-state index in [-0.39, 0.29) is 0 Å². The van der Waals surface area contributed by atoms with Crippen LogP contribution in [0, 0.1) is 0 Å². The van der Waals surface area contributed by atoms with Crippen molar-refractivity contribution in [1.29, 1.82) is 0 Å². The Morgan fingerprint density at radius 1 is 1.13 bits per heavy atom. The van der Waals surface area contributed by atoms with Crippen molar-refractivity contribution in [2.24, 2.45) is 0 Å². The minimum Gasteiger partial charge on any atom is -0.490 e. The van der Waals surface area contributed by atoms with Gasteiger partial charge >= 0.3 is 0 Å². The molecule has 3 heterocycles. The van der Waals surface area contributed by atoms with Crippen LogP contribution in [0.25, 0.3) is 22.2 Å². The lowest BCUT2D eigenvalue weighted by molar-refractivity contribution is 0.303. The Kier molecular flexibility index (Phi) is 2.80. The molecule has 2 fully saturated rings. The average Bonchev–Trinajstić information content (AvgIpc) is 3.23. The Bertz CT molecular complexity index is 864. The fourth-order valence-electron chi connectivity index (χ4n) is 2.95. The minimum absolute atomic E-state index is 0.404. The van der Waals surface area contributed by atoms with Crippen molar-refractivity contribution in [3.8, 4) is 17.0 Å². The highest BCUT2D eigenvalue weighted by molar-refractivity contribution is 5.94. The molecule has 1 saturated heterocycles. The van der Waals surface area contributed by atoms with Crippen molar-refractivity contribution in [3.63, 3.8) is 0 Å². The maximum Gasteiger partial charge on any atom is 0.129 e. The summed E-state index contributed by atoms with van der Waals surface area (Å²) >= 11 is 0. The molecule has 5 nitrogen and oxygen atoms in total. The molecule has 1 aliphatic heterocycles. The number of aromatic amines is 1. The number of ether oxygens (including phenoxy) is 1. The molecule has 0 radical (unpaired) electrons. The normalized spacial score (nSPS) is 17.3. The van der Waals surface area contributed by atoms with Gasteiger partial charge in [-0.25, -0.2) is 4.98 Å². The molecule has 0 spiro atoms. The summed E-state index contributed by atoms with van der Waals surface area (Å²) in [6.07, 6.45) is 5.86. The summed E-state index contributed by atoms with van der Waals surface area (Å²) in [4.78, 5) is 6.77. The van der Waals surface area contributed by atoms with Crippen LogP contribution >= 0.6 is 0 Å². The molecule has 23 heavy (non-hydrogen) atoms. The van der Waals surface area contributed by atoms with Crippen LogP contribution in [0.1, 0.15) is 19.3 Å². The third-order valence-electron chi connectivity index (χ3n) is 4.56. The van der Waals surface area contributed by atoms with E-state index in [4.69, 9.17) is 4.74 Å². The van der Waals surface area contributed by atoms with Gasteiger partial charge in [-0.3, -0.25) is 5.10 Å². The summed E-state index contributed by atoms with van der Waals surface area (Å²) in [6, 6.07) is 10.3. The number of rotatable bonds is 4. The second-order valence-corrected chi connectivity index (χ2v) is 6.34. The van der Waals surface area contributed by atoms with Crippen LogP contribution in [-0.4, -0.2) is 34.4 Å². The second-order valence-electron chi connectivity index (χ2n) is 6.34. The highest BCUT2D eigenvalue weighted by atomic mass is 16.5. The van der Waals surface area contributed by atoms with Crippen molar-refractivity contribution < 1.29 is 4.74 Å². The summed E-state index contributed by atoms with van der Waals surface area (Å²) in [5.41, 5.74) is 3.09. The lowest BCUT2D eigenvalue weighted by Gasteiger charge is -2.32. The number of fused-ring (bicyclic) bond motifs is 1. The SMILES string of the molecule is c1cc(-c2n[nH]c3ccc(OC4CC4)cc23)cc(N2CCC2)n1. The number of H-pyrrole nitrogens is 1. The van der Waals surface area contributed by atoms with E-state index in [1.165, 1.54) is 19.3 Å². The number of nitrogens with one attached hydrogen (secondary N) is 1. The van der Waals surface area contributed by atoms with Gasteiger partial charge < -0.3 is 9.64 Å². The number of pyridine rings is 1. The van der Waals surface area contributed by atoms with Gasteiger partial charge in [-0.15, -0.1) is 0 Å². The minimum atomic E-state index is 0.404. The maximum atomic E-state index is 5.92. The van der Waals surface area contributed by atoms with E-state index < -0.39 is 0 Å². The largest absolute Gasteiger partial charge is 0.490 e. The Balaban J connectivity index is 1.55. The Morgan fingerprint density at radius 3 is 2.83 bits per heavy atom. The summed E-state index contributed by atoms with van der Waals surface area (Å²) in [6.45, 7) is 2.19. The smallest absolute Gasteiger partial charge is 0.129 e. The van der Waals surface area contributed by atoms with Gasteiger partial charge in [-0.05, 0) is 49.6 Å². The number of aromatic nitrogens is 3. The van der Waals surface area contributed by atoms with Crippen molar-refractivity contribution >= 4 is 16.7 Å². The van der Waals surface area contributed by atoms with E-state index in [1.54, 1.807) is 0 Å². The molecule has 5 heteroatoms. The van der Waals surface area contributed by atoms with E-state index in [2.05, 4.69) is 32.2 Å². The fraction of sp³-hybridized carbons (Fsp3) is 0.333. The molecular weight excluding hydrogens is 288 g/mol. The molecule has 1 aromatic carbocycles. The van der Waals surface area contributed by atoms with E-state index in [1.807, 2.05) is 24.4 Å². The first-order chi connectivity index (χ1) is 11.4. The number of hydrogen-bond donors (Lipinski definition) is 1. The fourth-order valence-corrected chi connectivity index (χ4v) is 2.95. The molecule has 3 aromatic rings. The summed E-state index contributed by atoms with van der Waals surface area (Å²) in [5.74, 6) is 1.97. The molecule has 2 aromatic heterocycles. The number of hydrogen-bond acceptors (Lipinski definition) is 4. The molecule has 0 bridgehead atoms. The zero-order chi connectivity index (χ0) is 15.2. The van der Waals surface area contributed by atoms with E-state index in [0.29, 0.717) is 6.10 Å². The predicted molar refractivity (Wildman–Crippen MR) is 89.8 cm³/mol. The Morgan fingerprint density at radius 2 is 2.04 bits per heavy atom. The maximum absolute atomic E-state index is 5.92. The molecule has 1 saturated carbocycles. The topological polar surface area (TPSA) is 54.0 Å². The molecule has 2 aliphatic rings. The lowest BCUT2D eigenvalue weighted by Crippen LogP contribution is -2.37. The standard InChI is InChI=1S/C18H18N4O/c1-8-22(9-1)17-10-12(6-7-19-17)18-15-11-14(23-13-2-3-13)4-5-16(15)20-21-18/h4-7,10-11,13H,1-3,8-9H2,(H,20,21). The van der Waals surface area contributed by atoms with Crippen LogP contribution in [0.3, 0.4) is 0 Å². The van der Waals surface area contributed by atoms with Crippen LogP contribution in [-0.2, 0) is 0 Å². The van der Waals surface area contributed by atoms with Crippen LogP contribution in [0.2, 0.25) is 0 Å². The molecule has 0 unspecified atom stereocenters. The lowest BCUT2D eigenvalue weighted by atomic mass is 10.1. The zero-order valence-electron chi connectivity index (χ0n) is 12.8. The number of nitrogens with zero attached hydrogens (tertiary/aromatic N) is 3. The molecule has 0 amide bonds. The van der Waals surface area contributed by atoms with Gasteiger partial charge in [0.15, 0.2) is 0 Å². The molecule has 1 aliphatic carbocycles. The highest BCUT2D eigenvalue weighted by Crippen LogP contribution is 2.33. The summed E-state index contributed by atoms with van der Waals surface area (Å²) in [5, 5.41) is 8.74. The van der Waals surface area contributed by atoms with E-state index >= 15 is 0 Å². The highest BCUT2D eigenvalue weighted by Gasteiger charge is 2.24. The number of anilines is 1. The Labute approximate surface area is 134 Å². The first-order valence-corrected chi connectivity index (χ1v) is 8.23. The van der Waals surface area contributed by atoms with E-state index in [0.717, 1.165) is 46.8 Å². The van der Waals surface area contributed by atoms with Gasteiger partial charge in [0, 0.05) is 30.2 Å². The molecule has 0 atom stereocenters. The van der Waals surface area contributed by atoms with Gasteiger partial charge in [0.1, 0.15) is 17.3 Å².